The number of imidazole rings is 1. The van der Waals surface area contributed by atoms with Crippen molar-refractivity contribution in [3.63, 3.8) is 0 Å². The monoisotopic (exact) mass is 516 g/mol. The Kier molecular flexibility index (Phi) is 6.89. The predicted molar refractivity (Wildman–Crippen MR) is 143 cm³/mol. The summed E-state index contributed by atoms with van der Waals surface area (Å²) in [7, 11) is 0. The van der Waals surface area contributed by atoms with Crippen LogP contribution in [0.3, 0.4) is 0 Å². The zero-order valence-electron chi connectivity index (χ0n) is 19.7. The number of nitrogens with two attached hydrogens (primary N) is 1. The van der Waals surface area contributed by atoms with Gasteiger partial charge in [-0.3, -0.25) is 4.79 Å². The molecule has 3 N–H and O–H groups in total. The predicted octanol–water partition coefficient (Wildman–Crippen LogP) is 6.42. The Morgan fingerprint density at radius 2 is 1.62 bits per heavy atom. The summed E-state index contributed by atoms with van der Waals surface area (Å²) in [6.45, 7) is 6.68. The molecular weight excluding hydrogens is 488 g/mol. The van der Waals surface area contributed by atoms with Gasteiger partial charge in [-0.05, 0) is 34.7 Å². The van der Waals surface area contributed by atoms with E-state index in [1.165, 1.54) is 5.56 Å². The van der Waals surface area contributed by atoms with Crippen molar-refractivity contribution in [3.05, 3.63) is 100 Å². The number of rotatable bonds is 6. The molecule has 0 saturated carbocycles. The Hall–Kier alpha value is -3.38. The number of amides is 1. The average Bonchev–Trinajstić information content (AvgIpc) is 3.08. The van der Waals surface area contributed by atoms with E-state index in [1.54, 1.807) is 4.57 Å². The summed E-state index contributed by atoms with van der Waals surface area (Å²) < 4.78 is 2.71. The number of hydrogen-bond donors (Lipinski definition) is 2. The van der Waals surface area contributed by atoms with Crippen molar-refractivity contribution in [1.29, 1.82) is 0 Å². The third-order valence-corrected chi connectivity index (χ3v) is 6.44. The van der Waals surface area contributed by atoms with Crippen molar-refractivity contribution in [2.24, 2.45) is 0 Å². The van der Waals surface area contributed by atoms with Gasteiger partial charge in [-0.25, -0.2) is 4.98 Å². The van der Waals surface area contributed by atoms with Gasteiger partial charge in [0.2, 0.25) is 11.9 Å². The Morgan fingerprint density at radius 3 is 2.26 bits per heavy atom. The van der Waals surface area contributed by atoms with Crippen molar-refractivity contribution in [2.75, 3.05) is 11.1 Å². The minimum absolute atomic E-state index is 0.0629. The van der Waals surface area contributed by atoms with Crippen LogP contribution in [0.4, 0.5) is 11.6 Å². The first kappa shape index (κ1) is 23.8. The SMILES string of the molecule is CC(C)(C)c1ccc(Cc2nc(N)n(CC(=O)Nc3ccccc3)c2-c2ccccc2Br)cc1. The van der Waals surface area contributed by atoms with E-state index in [-0.39, 0.29) is 17.9 Å². The molecule has 4 aromatic rings. The largest absolute Gasteiger partial charge is 0.369 e. The molecule has 0 aliphatic carbocycles. The zero-order chi connectivity index (χ0) is 24.3. The van der Waals surface area contributed by atoms with Crippen molar-refractivity contribution in [1.82, 2.24) is 9.55 Å². The number of carbonyl (C=O) groups is 1. The van der Waals surface area contributed by atoms with Crippen molar-refractivity contribution >= 4 is 33.5 Å². The third-order valence-electron chi connectivity index (χ3n) is 5.75. The van der Waals surface area contributed by atoms with E-state index in [0.29, 0.717) is 12.4 Å². The fourth-order valence-electron chi connectivity index (χ4n) is 3.94. The van der Waals surface area contributed by atoms with Crippen LogP contribution in [0.25, 0.3) is 11.3 Å². The Labute approximate surface area is 209 Å². The molecule has 0 unspecified atom stereocenters. The Balaban J connectivity index is 1.69. The van der Waals surface area contributed by atoms with E-state index in [2.05, 4.69) is 66.3 Å². The topological polar surface area (TPSA) is 72.9 Å². The molecule has 0 spiro atoms. The highest BCUT2D eigenvalue weighted by Crippen LogP contribution is 2.34. The molecule has 0 aliphatic rings. The molecule has 3 aromatic carbocycles. The van der Waals surface area contributed by atoms with E-state index in [9.17, 15) is 4.79 Å². The van der Waals surface area contributed by atoms with Gasteiger partial charge in [0.1, 0.15) is 6.54 Å². The van der Waals surface area contributed by atoms with Crippen LogP contribution < -0.4 is 11.1 Å². The maximum absolute atomic E-state index is 12.9. The van der Waals surface area contributed by atoms with Gasteiger partial charge in [0.15, 0.2) is 0 Å². The van der Waals surface area contributed by atoms with E-state index >= 15 is 0 Å². The standard InChI is InChI=1S/C28H29BrN4O/c1-28(2,3)20-15-13-19(14-16-20)17-24-26(22-11-7-8-12-23(22)29)33(27(30)32-24)18-25(34)31-21-9-5-4-6-10-21/h4-16H,17-18H2,1-3H3,(H2,30,32)(H,31,34). The highest BCUT2D eigenvalue weighted by atomic mass is 79.9. The first-order chi connectivity index (χ1) is 16.2. The molecule has 1 heterocycles. The smallest absolute Gasteiger partial charge is 0.244 e. The molecule has 0 saturated heterocycles. The van der Waals surface area contributed by atoms with Gasteiger partial charge in [0.25, 0.3) is 0 Å². The Bertz CT molecular complexity index is 1290. The van der Waals surface area contributed by atoms with Crippen LogP contribution in [-0.2, 0) is 23.2 Å². The molecule has 0 atom stereocenters. The van der Waals surface area contributed by atoms with Gasteiger partial charge >= 0.3 is 0 Å². The van der Waals surface area contributed by atoms with Gasteiger partial charge < -0.3 is 15.6 Å². The van der Waals surface area contributed by atoms with Gasteiger partial charge in [-0.2, -0.15) is 0 Å². The third kappa shape index (κ3) is 5.39. The minimum atomic E-state index is -0.162. The number of para-hydroxylation sites is 1. The number of hydrogen-bond acceptors (Lipinski definition) is 3. The fraction of sp³-hybridized carbons (Fsp3) is 0.214. The van der Waals surface area contributed by atoms with E-state index in [1.807, 2.05) is 54.6 Å². The van der Waals surface area contributed by atoms with Crippen LogP contribution in [0, 0.1) is 0 Å². The molecule has 5 nitrogen and oxygen atoms in total. The van der Waals surface area contributed by atoms with Crippen molar-refractivity contribution < 1.29 is 4.79 Å². The zero-order valence-corrected chi connectivity index (χ0v) is 21.3. The van der Waals surface area contributed by atoms with Crippen molar-refractivity contribution in [3.8, 4) is 11.3 Å². The number of nitrogens with zero attached hydrogens (tertiary/aromatic N) is 2. The number of anilines is 2. The molecular formula is C28H29BrN4O. The molecule has 174 valence electrons. The summed E-state index contributed by atoms with van der Waals surface area (Å²) in [5.41, 5.74) is 12.2. The first-order valence-electron chi connectivity index (χ1n) is 11.3. The number of halogens is 1. The maximum atomic E-state index is 12.9. The molecule has 0 fully saturated rings. The Morgan fingerprint density at radius 1 is 0.971 bits per heavy atom. The normalized spacial score (nSPS) is 11.4. The van der Waals surface area contributed by atoms with E-state index < -0.39 is 0 Å². The van der Waals surface area contributed by atoms with E-state index in [0.717, 1.165) is 32.7 Å². The molecule has 6 heteroatoms. The highest BCUT2D eigenvalue weighted by molar-refractivity contribution is 9.10. The van der Waals surface area contributed by atoms with Crippen LogP contribution in [0.15, 0.2) is 83.3 Å². The lowest BCUT2D eigenvalue weighted by molar-refractivity contribution is -0.116. The second-order valence-corrected chi connectivity index (χ2v) is 10.2. The van der Waals surface area contributed by atoms with Crippen LogP contribution in [0.1, 0.15) is 37.6 Å². The number of benzene rings is 3. The van der Waals surface area contributed by atoms with Crippen LogP contribution in [-0.4, -0.2) is 15.5 Å². The lowest BCUT2D eigenvalue weighted by Gasteiger charge is -2.19. The van der Waals surface area contributed by atoms with Crippen LogP contribution in [0.5, 0.6) is 0 Å². The van der Waals surface area contributed by atoms with Gasteiger partial charge in [0, 0.05) is 22.1 Å². The minimum Gasteiger partial charge on any atom is -0.369 e. The second kappa shape index (κ2) is 9.85. The number of nitrogens with one attached hydrogen (secondary N) is 1. The average molecular weight is 517 g/mol. The molecule has 4 rings (SSSR count). The summed E-state index contributed by atoms with van der Waals surface area (Å²) in [6, 6.07) is 25.9. The molecule has 0 radical (unpaired) electrons. The van der Waals surface area contributed by atoms with Gasteiger partial charge in [0.05, 0.1) is 11.4 Å². The highest BCUT2D eigenvalue weighted by Gasteiger charge is 2.21. The number of nitrogen functional groups attached to an aromatic ring is 1. The molecule has 1 aromatic heterocycles. The lowest BCUT2D eigenvalue weighted by Crippen LogP contribution is -2.20. The summed E-state index contributed by atoms with van der Waals surface area (Å²) in [5, 5.41) is 2.94. The fourth-order valence-corrected chi connectivity index (χ4v) is 4.41. The van der Waals surface area contributed by atoms with Gasteiger partial charge in [-0.1, -0.05) is 97.4 Å². The number of carbonyl (C=O) groups excluding carboxylic acids is 1. The first-order valence-corrected chi connectivity index (χ1v) is 12.1. The quantitative estimate of drug-likeness (QED) is 0.310. The summed E-state index contributed by atoms with van der Waals surface area (Å²) in [6.07, 6.45) is 0.610. The molecule has 34 heavy (non-hydrogen) atoms. The molecule has 0 aliphatic heterocycles. The van der Waals surface area contributed by atoms with E-state index in [4.69, 9.17) is 10.7 Å². The molecule has 1 amide bonds. The summed E-state index contributed by atoms with van der Waals surface area (Å²) >= 11 is 3.66. The van der Waals surface area contributed by atoms with Crippen molar-refractivity contribution in [2.45, 2.75) is 39.2 Å². The molecule has 0 bridgehead atoms. The maximum Gasteiger partial charge on any atom is 0.244 e. The van der Waals surface area contributed by atoms with Gasteiger partial charge in [-0.15, -0.1) is 0 Å². The summed E-state index contributed by atoms with van der Waals surface area (Å²) in [4.78, 5) is 17.6. The number of aromatic nitrogens is 2. The van der Waals surface area contributed by atoms with Crippen LogP contribution in [0.2, 0.25) is 0 Å². The summed E-state index contributed by atoms with van der Waals surface area (Å²) in [5.74, 6) is 0.153. The second-order valence-electron chi connectivity index (χ2n) is 9.37. The van der Waals surface area contributed by atoms with Crippen LogP contribution >= 0.6 is 15.9 Å². The lowest BCUT2D eigenvalue weighted by atomic mass is 9.86.